The molecule has 1 saturated carbocycles. The summed E-state index contributed by atoms with van der Waals surface area (Å²) >= 11 is 11.9. The van der Waals surface area contributed by atoms with Crippen molar-refractivity contribution >= 4 is 39.9 Å². The monoisotopic (exact) mass is 445 g/mol. The Balaban J connectivity index is 1.49. The topological polar surface area (TPSA) is 73.2 Å². The zero-order valence-electron chi connectivity index (χ0n) is 16.2. The smallest absolute Gasteiger partial charge is 0.274 e. The third-order valence-electron chi connectivity index (χ3n) is 5.28. The maximum atomic E-state index is 12.9. The number of nitrogens with one attached hydrogen (secondary N) is 1. The van der Waals surface area contributed by atoms with Gasteiger partial charge in [0.1, 0.15) is 5.75 Å². The average molecular weight is 446 g/mol. The SMILES string of the molecule is O=C(COc1ccc(Cl)cc1Cl)NCc1nn(C2CCCC2)c(=O)c2ccccc12. The molecule has 1 amide bonds. The molecule has 0 aliphatic heterocycles. The molecule has 1 heterocycles. The minimum absolute atomic E-state index is 0.0757. The van der Waals surface area contributed by atoms with Gasteiger partial charge in [0, 0.05) is 10.4 Å². The second kappa shape index (κ2) is 9.06. The van der Waals surface area contributed by atoms with Crippen molar-refractivity contribution in [3.05, 3.63) is 68.6 Å². The number of aromatic nitrogens is 2. The maximum absolute atomic E-state index is 12.9. The lowest BCUT2D eigenvalue weighted by Gasteiger charge is -2.16. The summed E-state index contributed by atoms with van der Waals surface area (Å²) in [6.07, 6.45) is 4.10. The van der Waals surface area contributed by atoms with Gasteiger partial charge < -0.3 is 10.1 Å². The van der Waals surface area contributed by atoms with Crippen molar-refractivity contribution in [2.75, 3.05) is 6.61 Å². The molecule has 1 aliphatic carbocycles. The van der Waals surface area contributed by atoms with Gasteiger partial charge in [-0.3, -0.25) is 9.59 Å². The number of amides is 1. The van der Waals surface area contributed by atoms with E-state index in [-0.39, 0.29) is 30.7 Å². The second-order valence-corrected chi connectivity index (χ2v) is 8.16. The molecule has 6 nitrogen and oxygen atoms in total. The zero-order chi connectivity index (χ0) is 21.1. The standard InChI is InChI=1S/C22H21Cl2N3O3/c23-14-9-10-20(18(24)11-14)30-13-21(28)25-12-19-16-7-3-4-8-17(16)22(29)27(26-19)15-5-1-2-6-15/h3-4,7-11,15H,1-2,5-6,12-13H2,(H,25,28). The highest BCUT2D eigenvalue weighted by Gasteiger charge is 2.21. The Kier molecular flexibility index (Phi) is 6.25. The highest BCUT2D eigenvalue weighted by molar-refractivity contribution is 6.35. The number of hydrogen-bond acceptors (Lipinski definition) is 4. The first kappa shape index (κ1) is 20.7. The Hall–Kier alpha value is -2.57. The number of carbonyl (C=O) groups is 1. The number of rotatable bonds is 6. The van der Waals surface area contributed by atoms with E-state index < -0.39 is 0 Å². The third kappa shape index (κ3) is 4.45. The van der Waals surface area contributed by atoms with Gasteiger partial charge >= 0.3 is 0 Å². The summed E-state index contributed by atoms with van der Waals surface area (Å²) in [6.45, 7) is 0.00556. The average Bonchev–Trinajstić information content (AvgIpc) is 3.27. The molecule has 1 N–H and O–H groups in total. The summed E-state index contributed by atoms with van der Waals surface area (Å²) in [5.41, 5.74) is 0.586. The van der Waals surface area contributed by atoms with Gasteiger partial charge in [0.05, 0.1) is 28.7 Å². The molecule has 2 aromatic carbocycles. The molecular weight excluding hydrogens is 425 g/mol. The summed E-state index contributed by atoms with van der Waals surface area (Å²) in [5.74, 6) is 0.0695. The van der Waals surface area contributed by atoms with Crippen LogP contribution in [0.5, 0.6) is 5.75 Å². The van der Waals surface area contributed by atoms with Crippen molar-refractivity contribution < 1.29 is 9.53 Å². The van der Waals surface area contributed by atoms with E-state index in [0.717, 1.165) is 31.1 Å². The van der Waals surface area contributed by atoms with E-state index in [0.29, 0.717) is 26.9 Å². The predicted molar refractivity (Wildman–Crippen MR) is 117 cm³/mol. The van der Waals surface area contributed by atoms with E-state index in [1.165, 1.54) is 0 Å². The van der Waals surface area contributed by atoms with Crippen molar-refractivity contribution in [3.63, 3.8) is 0 Å². The molecule has 0 unspecified atom stereocenters. The fraction of sp³-hybridized carbons (Fsp3) is 0.318. The number of fused-ring (bicyclic) bond motifs is 1. The van der Waals surface area contributed by atoms with Gasteiger partial charge in [-0.1, -0.05) is 54.2 Å². The number of halogens is 2. The summed E-state index contributed by atoms with van der Waals surface area (Å²) in [7, 11) is 0. The zero-order valence-corrected chi connectivity index (χ0v) is 17.7. The molecule has 1 fully saturated rings. The number of benzene rings is 2. The largest absolute Gasteiger partial charge is 0.482 e. The van der Waals surface area contributed by atoms with Crippen LogP contribution in [0.2, 0.25) is 10.0 Å². The van der Waals surface area contributed by atoms with Crippen LogP contribution in [0, 0.1) is 0 Å². The van der Waals surface area contributed by atoms with Crippen LogP contribution in [-0.2, 0) is 11.3 Å². The van der Waals surface area contributed by atoms with Crippen molar-refractivity contribution in [3.8, 4) is 5.75 Å². The van der Waals surface area contributed by atoms with Crippen LogP contribution in [0.1, 0.15) is 37.4 Å². The molecule has 4 rings (SSSR count). The Bertz CT molecular complexity index is 1140. The molecular formula is C22H21Cl2N3O3. The Morgan fingerprint density at radius 2 is 1.87 bits per heavy atom. The highest BCUT2D eigenvalue weighted by atomic mass is 35.5. The summed E-state index contributed by atoms with van der Waals surface area (Å²) < 4.78 is 7.07. The van der Waals surface area contributed by atoms with Crippen LogP contribution in [0.3, 0.4) is 0 Å². The molecule has 156 valence electrons. The van der Waals surface area contributed by atoms with Gasteiger partial charge in [-0.05, 0) is 37.1 Å². The lowest BCUT2D eigenvalue weighted by molar-refractivity contribution is -0.123. The Morgan fingerprint density at radius 3 is 2.60 bits per heavy atom. The van der Waals surface area contributed by atoms with Crippen LogP contribution in [0.25, 0.3) is 10.8 Å². The number of nitrogens with zero attached hydrogens (tertiary/aromatic N) is 2. The number of hydrogen-bond donors (Lipinski definition) is 1. The third-order valence-corrected chi connectivity index (χ3v) is 5.81. The van der Waals surface area contributed by atoms with Gasteiger partial charge in [0.2, 0.25) is 0 Å². The molecule has 0 spiro atoms. The van der Waals surface area contributed by atoms with Crippen LogP contribution < -0.4 is 15.6 Å². The van der Waals surface area contributed by atoms with Crippen LogP contribution in [0.15, 0.2) is 47.3 Å². The number of carbonyl (C=O) groups excluding carboxylic acids is 1. The van der Waals surface area contributed by atoms with E-state index in [1.807, 2.05) is 24.3 Å². The second-order valence-electron chi connectivity index (χ2n) is 7.32. The molecule has 0 atom stereocenters. The fourth-order valence-electron chi connectivity index (χ4n) is 3.77. The van der Waals surface area contributed by atoms with Crippen molar-refractivity contribution in [2.24, 2.45) is 0 Å². The quantitative estimate of drug-likeness (QED) is 0.605. The first-order valence-corrected chi connectivity index (χ1v) is 10.6. The Morgan fingerprint density at radius 1 is 1.13 bits per heavy atom. The molecule has 8 heteroatoms. The minimum atomic E-state index is -0.314. The van der Waals surface area contributed by atoms with Gasteiger partial charge in [-0.2, -0.15) is 5.10 Å². The molecule has 1 aromatic heterocycles. The van der Waals surface area contributed by atoms with E-state index in [9.17, 15) is 9.59 Å². The van der Waals surface area contributed by atoms with E-state index in [1.54, 1.807) is 22.9 Å². The molecule has 0 saturated heterocycles. The van der Waals surface area contributed by atoms with Crippen LogP contribution >= 0.6 is 23.2 Å². The molecule has 1 aliphatic rings. The lowest BCUT2D eigenvalue weighted by atomic mass is 10.1. The van der Waals surface area contributed by atoms with Gasteiger partial charge in [0.15, 0.2) is 6.61 Å². The van der Waals surface area contributed by atoms with Gasteiger partial charge in [-0.25, -0.2) is 4.68 Å². The maximum Gasteiger partial charge on any atom is 0.274 e. The van der Waals surface area contributed by atoms with E-state index in [2.05, 4.69) is 10.4 Å². The normalized spacial score (nSPS) is 14.2. The van der Waals surface area contributed by atoms with Crippen molar-refractivity contribution in [1.29, 1.82) is 0 Å². The Labute approximate surface area is 183 Å². The van der Waals surface area contributed by atoms with Crippen LogP contribution in [-0.4, -0.2) is 22.3 Å². The van der Waals surface area contributed by atoms with Crippen LogP contribution in [0.4, 0.5) is 0 Å². The van der Waals surface area contributed by atoms with Gasteiger partial charge in [-0.15, -0.1) is 0 Å². The lowest BCUT2D eigenvalue weighted by Crippen LogP contribution is -2.32. The minimum Gasteiger partial charge on any atom is -0.482 e. The van der Waals surface area contributed by atoms with Crippen molar-refractivity contribution in [2.45, 2.75) is 38.3 Å². The van der Waals surface area contributed by atoms with E-state index >= 15 is 0 Å². The number of ether oxygens (including phenoxy) is 1. The first-order valence-electron chi connectivity index (χ1n) is 9.88. The summed E-state index contributed by atoms with van der Waals surface area (Å²) in [4.78, 5) is 25.2. The van der Waals surface area contributed by atoms with Crippen molar-refractivity contribution in [1.82, 2.24) is 15.1 Å². The summed E-state index contributed by atoms with van der Waals surface area (Å²) in [5, 5.41) is 9.63. The van der Waals surface area contributed by atoms with Gasteiger partial charge in [0.25, 0.3) is 11.5 Å². The fourth-order valence-corrected chi connectivity index (χ4v) is 4.23. The highest BCUT2D eigenvalue weighted by Crippen LogP contribution is 2.29. The van der Waals surface area contributed by atoms with E-state index in [4.69, 9.17) is 27.9 Å². The molecule has 30 heavy (non-hydrogen) atoms. The molecule has 0 bridgehead atoms. The molecule has 3 aromatic rings. The predicted octanol–water partition coefficient (Wildman–Crippen LogP) is 4.51. The summed E-state index contributed by atoms with van der Waals surface area (Å²) in [6, 6.07) is 12.3. The first-order chi connectivity index (χ1) is 14.5. The molecule has 0 radical (unpaired) electrons.